The van der Waals surface area contributed by atoms with Crippen molar-refractivity contribution in [1.82, 2.24) is 0 Å². The lowest BCUT2D eigenvalue weighted by Gasteiger charge is -2.36. The fraction of sp³-hybridized carbons (Fsp3) is 0.304. The van der Waals surface area contributed by atoms with E-state index in [-0.39, 0.29) is 17.1 Å². The first kappa shape index (κ1) is 18.9. The number of halogens is 1. The van der Waals surface area contributed by atoms with Crippen LogP contribution in [0.3, 0.4) is 0 Å². The molecule has 4 rings (SSSR count). The van der Waals surface area contributed by atoms with Crippen LogP contribution in [-0.4, -0.2) is 11.7 Å². The van der Waals surface area contributed by atoms with E-state index in [4.69, 9.17) is 0 Å². The molecule has 1 aliphatic heterocycles. The van der Waals surface area contributed by atoms with Gasteiger partial charge in [-0.15, -0.1) is 0 Å². The van der Waals surface area contributed by atoms with Gasteiger partial charge in [0, 0.05) is 29.1 Å². The van der Waals surface area contributed by atoms with Crippen LogP contribution in [0, 0.1) is 5.41 Å². The highest BCUT2D eigenvalue weighted by molar-refractivity contribution is 9.10. The van der Waals surface area contributed by atoms with E-state index in [1.807, 2.05) is 48.5 Å². The second-order valence-electron chi connectivity index (χ2n) is 8.32. The molecule has 28 heavy (non-hydrogen) atoms. The minimum Gasteiger partial charge on any atom is -0.357 e. The summed E-state index contributed by atoms with van der Waals surface area (Å²) in [6.07, 6.45) is 1.24. The van der Waals surface area contributed by atoms with Crippen LogP contribution in [0.4, 0.5) is 11.4 Å². The maximum atomic E-state index is 13.3. The lowest BCUT2D eigenvalue weighted by Crippen LogP contribution is -2.38. The highest BCUT2D eigenvalue weighted by Crippen LogP contribution is 2.48. The molecule has 1 amide bonds. The van der Waals surface area contributed by atoms with Gasteiger partial charge < -0.3 is 5.32 Å². The van der Waals surface area contributed by atoms with E-state index in [0.29, 0.717) is 12.0 Å². The molecular weight excluding hydrogens is 416 g/mol. The predicted octanol–water partition coefficient (Wildman–Crippen LogP) is 5.61. The summed E-state index contributed by atoms with van der Waals surface area (Å²) in [5, 5.41) is 3.50. The van der Waals surface area contributed by atoms with E-state index in [9.17, 15) is 9.59 Å². The number of carbonyl (C=O) groups excluding carboxylic acids is 2. The van der Waals surface area contributed by atoms with Gasteiger partial charge in [-0.25, -0.2) is 0 Å². The number of rotatable bonds is 1. The molecular formula is C23H23BrN2O2. The van der Waals surface area contributed by atoms with Crippen LogP contribution < -0.4 is 10.2 Å². The maximum absolute atomic E-state index is 13.3. The highest BCUT2D eigenvalue weighted by atomic mass is 79.9. The summed E-state index contributed by atoms with van der Waals surface area (Å²) in [6, 6.07) is 15.2. The number of para-hydroxylation sites is 2. The van der Waals surface area contributed by atoms with Crippen molar-refractivity contribution in [1.29, 1.82) is 0 Å². The molecule has 5 heteroatoms. The molecule has 2 aliphatic rings. The molecule has 1 atom stereocenters. The number of hydrogen-bond donors (Lipinski definition) is 1. The molecule has 0 aromatic heterocycles. The number of Topliss-reactive ketones (excluding diaryl/α,β-unsaturated/α-hetero) is 1. The fourth-order valence-corrected chi connectivity index (χ4v) is 4.56. The summed E-state index contributed by atoms with van der Waals surface area (Å²) in [7, 11) is 0. The normalized spacial score (nSPS) is 20.8. The van der Waals surface area contributed by atoms with Crippen molar-refractivity contribution in [3.8, 4) is 0 Å². The Morgan fingerprint density at radius 2 is 1.79 bits per heavy atom. The molecule has 2 aromatic rings. The lowest BCUT2D eigenvalue weighted by atomic mass is 9.73. The SMILES string of the molecule is CC(=O)N1c2ccccc2NC2=C(C(=O)CC(C)(C)C2)C1c1ccc(Br)cc1. The second-order valence-corrected chi connectivity index (χ2v) is 9.23. The second kappa shape index (κ2) is 6.89. The van der Waals surface area contributed by atoms with Crippen LogP contribution in [0.5, 0.6) is 0 Å². The number of carbonyl (C=O) groups is 2. The molecule has 0 saturated carbocycles. The van der Waals surface area contributed by atoms with Gasteiger partial charge in [-0.3, -0.25) is 14.5 Å². The average Bonchev–Trinajstić information content (AvgIpc) is 2.75. The fourth-order valence-electron chi connectivity index (χ4n) is 4.30. The van der Waals surface area contributed by atoms with Gasteiger partial charge in [0.2, 0.25) is 5.91 Å². The number of nitrogens with zero attached hydrogens (tertiary/aromatic N) is 1. The Kier molecular flexibility index (Phi) is 4.66. The summed E-state index contributed by atoms with van der Waals surface area (Å²) < 4.78 is 0.961. The van der Waals surface area contributed by atoms with Crippen molar-refractivity contribution in [3.63, 3.8) is 0 Å². The first-order valence-corrected chi connectivity index (χ1v) is 10.2. The van der Waals surface area contributed by atoms with E-state index >= 15 is 0 Å². The maximum Gasteiger partial charge on any atom is 0.224 e. The highest BCUT2D eigenvalue weighted by Gasteiger charge is 2.42. The van der Waals surface area contributed by atoms with Gasteiger partial charge in [-0.1, -0.05) is 54.0 Å². The van der Waals surface area contributed by atoms with E-state index in [1.165, 1.54) is 0 Å². The summed E-state index contributed by atoms with van der Waals surface area (Å²) in [6.45, 7) is 5.79. The van der Waals surface area contributed by atoms with Crippen molar-refractivity contribution in [2.24, 2.45) is 5.41 Å². The van der Waals surface area contributed by atoms with Crippen LogP contribution in [-0.2, 0) is 9.59 Å². The van der Waals surface area contributed by atoms with Crippen LogP contribution in [0.1, 0.15) is 45.2 Å². The Morgan fingerprint density at radius 1 is 1.11 bits per heavy atom. The first-order valence-electron chi connectivity index (χ1n) is 9.44. The lowest BCUT2D eigenvalue weighted by molar-refractivity contribution is -0.118. The number of allylic oxidation sites excluding steroid dienone is 1. The van der Waals surface area contributed by atoms with Gasteiger partial charge in [0.05, 0.1) is 17.4 Å². The van der Waals surface area contributed by atoms with Crippen LogP contribution in [0.25, 0.3) is 0 Å². The monoisotopic (exact) mass is 438 g/mol. The van der Waals surface area contributed by atoms with Crippen molar-refractivity contribution >= 4 is 39.0 Å². The molecule has 4 nitrogen and oxygen atoms in total. The zero-order valence-corrected chi connectivity index (χ0v) is 17.8. The summed E-state index contributed by atoms with van der Waals surface area (Å²) >= 11 is 3.48. The van der Waals surface area contributed by atoms with Gasteiger partial charge in [0.1, 0.15) is 0 Å². The van der Waals surface area contributed by atoms with Crippen LogP contribution >= 0.6 is 15.9 Å². The molecule has 1 N–H and O–H groups in total. The largest absolute Gasteiger partial charge is 0.357 e. The number of benzene rings is 2. The van der Waals surface area contributed by atoms with E-state index in [0.717, 1.165) is 33.5 Å². The third kappa shape index (κ3) is 3.28. The van der Waals surface area contributed by atoms with Gasteiger partial charge in [-0.2, -0.15) is 0 Å². The minimum atomic E-state index is -0.444. The van der Waals surface area contributed by atoms with E-state index < -0.39 is 6.04 Å². The number of hydrogen-bond acceptors (Lipinski definition) is 3. The number of ketones is 1. The molecule has 0 bridgehead atoms. The van der Waals surface area contributed by atoms with Crippen molar-refractivity contribution in [2.75, 3.05) is 10.2 Å². The smallest absolute Gasteiger partial charge is 0.224 e. The first-order chi connectivity index (χ1) is 13.3. The Labute approximate surface area is 173 Å². The molecule has 1 unspecified atom stereocenters. The molecule has 1 aliphatic carbocycles. The summed E-state index contributed by atoms with van der Waals surface area (Å²) in [5.74, 6) is 0.0132. The van der Waals surface area contributed by atoms with Gasteiger partial charge in [-0.05, 0) is 41.7 Å². The number of nitrogens with one attached hydrogen (secondary N) is 1. The Morgan fingerprint density at radius 3 is 2.46 bits per heavy atom. The molecule has 2 aromatic carbocycles. The quantitative estimate of drug-likeness (QED) is 0.628. The predicted molar refractivity (Wildman–Crippen MR) is 115 cm³/mol. The minimum absolute atomic E-state index is 0.0893. The molecule has 0 saturated heterocycles. The van der Waals surface area contributed by atoms with Crippen molar-refractivity contribution < 1.29 is 9.59 Å². The Bertz CT molecular complexity index is 992. The number of fused-ring (bicyclic) bond motifs is 1. The zero-order chi connectivity index (χ0) is 20.1. The van der Waals surface area contributed by atoms with Crippen LogP contribution in [0.15, 0.2) is 64.3 Å². The van der Waals surface area contributed by atoms with Gasteiger partial charge in [0.25, 0.3) is 0 Å². The molecule has 0 spiro atoms. The zero-order valence-electron chi connectivity index (χ0n) is 16.3. The van der Waals surface area contributed by atoms with E-state index in [1.54, 1.807) is 11.8 Å². The van der Waals surface area contributed by atoms with Crippen molar-refractivity contribution in [3.05, 3.63) is 69.8 Å². The Hall–Kier alpha value is -2.40. The number of amides is 1. The average molecular weight is 439 g/mol. The number of anilines is 2. The standard InChI is InChI=1S/C23H23BrN2O2/c1-14(27)26-19-7-5-4-6-17(19)25-18-12-23(2,3)13-20(28)21(18)22(26)15-8-10-16(24)11-9-15/h4-11,22,25H,12-13H2,1-3H3. The molecule has 1 heterocycles. The third-order valence-corrected chi connectivity index (χ3v) is 5.95. The third-order valence-electron chi connectivity index (χ3n) is 5.43. The van der Waals surface area contributed by atoms with Gasteiger partial charge in [0.15, 0.2) is 5.78 Å². The summed E-state index contributed by atoms with van der Waals surface area (Å²) in [4.78, 5) is 27.9. The molecule has 0 fully saturated rings. The van der Waals surface area contributed by atoms with E-state index in [2.05, 4.69) is 35.1 Å². The molecule has 144 valence electrons. The van der Waals surface area contributed by atoms with Gasteiger partial charge >= 0.3 is 0 Å². The van der Waals surface area contributed by atoms with Crippen LogP contribution in [0.2, 0.25) is 0 Å². The Balaban J connectivity index is 2.00. The molecule has 0 radical (unpaired) electrons. The summed E-state index contributed by atoms with van der Waals surface area (Å²) in [5.41, 5.74) is 4.09. The topological polar surface area (TPSA) is 49.4 Å². The van der Waals surface area contributed by atoms with Crippen molar-refractivity contribution in [2.45, 2.75) is 39.7 Å².